The molecule has 5 heteroatoms. The SMILES string of the molecule is CN1CCC(O)(CCC(F)=C(F)F)CC1. The molecule has 0 atom stereocenters. The van der Waals surface area contributed by atoms with Crippen molar-refractivity contribution in [2.75, 3.05) is 20.1 Å². The zero-order valence-electron chi connectivity index (χ0n) is 8.77. The van der Waals surface area contributed by atoms with Crippen LogP contribution in [0.3, 0.4) is 0 Å². The third-order valence-electron chi connectivity index (χ3n) is 2.93. The Morgan fingerprint density at radius 1 is 1.27 bits per heavy atom. The zero-order chi connectivity index (χ0) is 11.5. The van der Waals surface area contributed by atoms with Gasteiger partial charge >= 0.3 is 6.08 Å². The minimum Gasteiger partial charge on any atom is -0.390 e. The number of nitrogens with zero attached hydrogens (tertiary/aromatic N) is 1. The summed E-state index contributed by atoms with van der Waals surface area (Å²) < 4.78 is 36.1. The fourth-order valence-electron chi connectivity index (χ4n) is 1.72. The highest BCUT2D eigenvalue weighted by molar-refractivity contribution is 4.95. The van der Waals surface area contributed by atoms with E-state index in [0.29, 0.717) is 12.8 Å². The maximum absolute atomic E-state index is 12.5. The van der Waals surface area contributed by atoms with Crippen molar-refractivity contribution in [3.05, 3.63) is 11.9 Å². The molecule has 0 aliphatic carbocycles. The quantitative estimate of drug-likeness (QED) is 0.793. The molecule has 0 spiro atoms. The summed E-state index contributed by atoms with van der Waals surface area (Å²) in [5, 5.41) is 9.96. The number of piperidine rings is 1. The second-order valence-electron chi connectivity index (χ2n) is 4.19. The van der Waals surface area contributed by atoms with E-state index < -0.39 is 17.5 Å². The van der Waals surface area contributed by atoms with Crippen LogP contribution in [0.15, 0.2) is 11.9 Å². The van der Waals surface area contributed by atoms with E-state index in [2.05, 4.69) is 4.90 Å². The van der Waals surface area contributed by atoms with E-state index in [4.69, 9.17) is 0 Å². The van der Waals surface area contributed by atoms with Gasteiger partial charge in [0.25, 0.3) is 0 Å². The Morgan fingerprint density at radius 2 is 1.80 bits per heavy atom. The zero-order valence-corrected chi connectivity index (χ0v) is 8.77. The lowest BCUT2D eigenvalue weighted by molar-refractivity contribution is -0.0231. The van der Waals surface area contributed by atoms with E-state index in [1.54, 1.807) is 0 Å². The van der Waals surface area contributed by atoms with Gasteiger partial charge in [-0.2, -0.15) is 8.78 Å². The average Bonchev–Trinajstić information content (AvgIpc) is 2.19. The van der Waals surface area contributed by atoms with E-state index in [9.17, 15) is 18.3 Å². The van der Waals surface area contributed by atoms with E-state index in [1.165, 1.54) is 0 Å². The molecule has 0 aromatic heterocycles. The lowest BCUT2D eigenvalue weighted by Crippen LogP contribution is -2.42. The van der Waals surface area contributed by atoms with Gasteiger partial charge in [-0.05, 0) is 26.3 Å². The lowest BCUT2D eigenvalue weighted by Gasteiger charge is -2.36. The summed E-state index contributed by atoms with van der Waals surface area (Å²) in [4.78, 5) is 2.05. The molecule has 0 unspecified atom stereocenters. The molecular weight excluding hydrogens is 207 g/mol. The smallest absolute Gasteiger partial charge is 0.301 e. The summed E-state index contributed by atoms with van der Waals surface area (Å²) in [6.07, 6.45) is -1.53. The third kappa shape index (κ3) is 3.83. The van der Waals surface area contributed by atoms with Crippen LogP contribution in [0.25, 0.3) is 0 Å². The number of halogens is 3. The van der Waals surface area contributed by atoms with Crippen molar-refractivity contribution in [1.82, 2.24) is 4.90 Å². The molecule has 1 aliphatic rings. The highest BCUT2D eigenvalue weighted by Crippen LogP contribution is 2.29. The van der Waals surface area contributed by atoms with Gasteiger partial charge in [-0.15, -0.1) is 0 Å². The first-order valence-electron chi connectivity index (χ1n) is 5.03. The van der Waals surface area contributed by atoms with Crippen molar-refractivity contribution < 1.29 is 18.3 Å². The molecule has 88 valence electrons. The van der Waals surface area contributed by atoms with E-state index >= 15 is 0 Å². The Labute approximate surface area is 87.4 Å². The topological polar surface area (TPSA) is 23.5 Å². The minimum absolute atomic E-state index is 0.0734. The van der Waals surface area contributed by atoms with Gasteiger partial charge in [0.1, 0.15) is 0 Å². The van der Waals surface area contributed by atoms with E-state index in [1.807, 2.05) is 7.05 Å². The molecule has 1 heterocycles. The summed E-state index contributed by atoms with van der Waals surface area (Å²) in [6.45, 7) is 1.44. The van der Waals surface area contributed by atoms with Crippen LogP contribution < -0.4 is 0 Å². The van der Waals surface area contributed by atoms with Gasteiger partial charge in [-0.1, -0.05) is 0 Å². The summed E-state index contributed by atoms with van der Waals surface area (Å²) >= 11 is 0. The first kappa shape index (κ1) is 12.5. The number of hydrogen-bond acceptors (Lipinski definition) is 2. The Balaban J connectivity index is 2.41. The molecule has 1 saturated heterocycles. The van der Waals surface area contributed by atoms with Gasteiger partial charge in [-0.3, -0.25) is 0 Å². The summed E-state index contributed by atoms with van der Waals surface area (Å²) in [7, 11) is 1.93. The number of hydrogen-bond donors (Lipinski definition) is 1. The first-order valence-corrected chi connectivity index (χ1v) is 5.03. The molecule has 0 saturated carbocycles. The van der Waals surface area contributed by atoms with Crippen LogP contribution in [0.1, 0.15) is 25.7 Å². The standard InChI is InChI=1S/C10H16F3NO/c1-14-6-4-10(15,5-7-14)3-2-8(11)9(12)13/h15H,2-7H2,1H3. The second kappa shape index (κ2) is 4.99. The number of aliphatic hydroxyl groups is 1. The van der Waals surface area contributed by atoms with Crippen molar-refractivity contribution >= 4 is 0 Å². The number of likely N-dealkylation sites (tertiary alicyclic amines) is 1. The maximum atomic E-state index is 12.5. The molecule has 1 aliphatic heterocycles. The van der Waals surface area contributed by atoms with Gasteiger partial charge in [0.15, 0.2) is 5.83 Å². The lowest BCUT2D eigenvalue weighted by atomic mass is 9.87. The monoisotopic (exact) mass is 223 g/mol. The van der Waals surface area contributed by atoms with Crippen molar-refractivity contribution in [2.24, 2.45) is 0 Å². The Kier molecular flexibility index (Phi) is 4.16. The molecule has 15 heavy (non-hydrogen) atoms. The fraction of sp³-hybridized carbons (Fsp3) is 0.800. The minimum atomic E-state index is -2.27. The molecule has 1 rings (SSSR count). The maximum Gasteiger partial charge on any atom is 0.301 e. The highest BCUT2D eigenvalue weighted by Gasteiger charge is 2.31. The van der Waals surface area contributed by atoms with Crippen molar-refractivity contribution in [1.29, 1.82) is 0 Å². The fourth-order valence-corrected chi connectivity index (χ4v) is 1.72. The predicted octanol–water partition coefficient (Wildman–Crippen LogP) is 2.30. The second-order valence-corrected chi connectivity index (χ2v) is 4.19. The largest absolute Gasteiger partial charge is 0.390 e. The third-order valence-corrected chi connectivity index (χ3v) is 2.93. The van der Waals surface area contributed by atoms with Gasteiger partial charge < -0.3 is 10.0 Å². The van der Waals surface area contributed by atoms with E-state index in [0.717, 1.165) is 13.1 Å². The van der Waals surface area contributed by atoms with Crippen LogP contribution in [-0.4, -0.2) is 35.7 Å². The molecule has 0 aromatic rings. The van der Waals surface area contributed by atoms with Crippen LogP contribution in [-0.2, 0) is 0 Å². The summed E-state index contributed by atoms with van der Waals surface area (Å²) in [5.41, 5.74) is -0.973. The van der Waals surface area contributed by atoms with Crippen LogP contribution >= 0.6 is 0 Å². The predicted molar refractivity (Wildman–Crippen MR) is 51.3 cm³/mol. The molecule has 0 aromatic carbocycles. The van der Waals surface area contributed by atoms with Gasteiger partial charge in [-0.25, -0.2) is 4.39 Å². The molecule has 0 bridgehead atoms. The normalized spacial score (nSPS) is 21.4. The summed E-state index contributed by atoms with van der Waals surface area (Å²) in [6, 6.07) is 0. The Hall–Kier alpha value is -0.550. The molecule has 1 N–H and O–H groups in total. The van der Waals surface area contributed by atoms with Crippen LogP contribution in [0, 0.1) is 0 Å². The van der Waals surface area contributed by atoms with Gasteiger partial charge in [0.05, 0.1) is 5.60 Å². The van der Waals surface area contributed by atoms with Crippen LogP contribution in [0.2, 0.25) is 0 Å². The highest BCUT2D eigenvalue weighted by atomic mass is 19.3. The van der Waals surface area contributed by atoms with Crippen LogP contribution in [0.4, 0.5) is 13.2 Å². The number of allylic oxidation sites excluding steroid dienone is 1. The van der Waals surface area contributed by atoms with Crippen molar-refractivity contribution in [3.8, 4) is 0 Å². The van der Waals surface area contributed by atoms with Crippen LogP contribution in [0.5, 0.6) is 0 Å². The summed E-state index contributed by atoms with van der Waals surface area (Å²) in [5.74, 6) is -1.40. The Bertz CT molecular complexity index is 243. The van der Waals surface area contributed by atoms with Gasteiger partial charge in [0.2, 0.25) is 0 Å². The van der Waals surface area contributed by atoms with E-state index in [-0.39, 0.29) is 12.8 Å². The molecule has 0 amide bonds. The molecule has 2 nitrogen and oxygen atoms in total. The Morgan fingerprint density at radius 3 is 2.27 bits per heavy atom. The number of rotatable bonds is 3. The van der Waals surface area contributed by atoms with Gasteiger partial charge in [0, 0.05) is 19.5 Å². The first-order chi connectivity index (χ1) is 6.93. The molecular formula is C10H16F3NO. The van der Waals surface area contributed by atoms with Crippen molar-refractivity contribution in [2.45, 2.75) is 31.3 Å². The molecule has 0 radical (unpaired) electrons. The molecule has 1 fully saturated rings. The van der Waals surface area contributed by atoms with Crippen molar-refractivity contribution in [3.63, 3.8) is 0 Å². The average molecular weight is 223 g/mol.